The second-order valence-electron chi connectivity index (χ2n) is 9.62. The Morgan fingerprint density at radius 2 is 1.64 bits per heavy atom. The first kappa shape index (κ1) is 29.7. The quantitative estimate of drug-likeness (QED) is 0.202. The Morgan fingerprint density at radius 3 is 2.19 bits per heavy atom. The lowest BCUT2D eigenvalue weighted by Crippen LogP contribution is -2.37. The van der Waals surface area contributed by atoms with E-state index in [-0.39, 0.29) is 42.1 Å². The van der Waals surface area contributed by atoms with Crippen LogP contribution >= 0.6 is 15.2 Å². The molecule has 2 fully saturated rings. The number of carbonyl (C=O) groups excluding carboxylic acids is 1. The van der Waals surface area contributed by atoms with E-state index < -0.39 is 72.7 Å². The Balaban J connectivity index is 1.41. The zero-order valence-electron chi connectivity index (χ0n) is 20.7. The van der Waals surface area contributed by atoms with Crippen LogP contribution in [0.1, 0.15) is 10.4 Å². The number of benzene rings is 1. The van der Waals surface area contributed by atoms with E-state index in [1.807, 2.05) is 0 Å². The van der Waals surface area contributed by atoms with Crippen molar-refractivity contribution in [2.45, 2.75) is 11.6 Å². The summed E-state index contributed by atoms with van der Waals surface area (Å²) in [7, 11) is -11.0. The molecule has 1 aliphatic carbocycles. The van der Waals surface area contributed by atoms with Crippen molar-refractivity contribution in [1.29, 1.82) is 0 Å². The van der Waals surface area contributed by atoms with Crippen LogP contribution in [0.2, 0.25) is 0 Å². The molecule has 0 unspecified atom stereocenters. The smallest absolute Gasteiger partial charge is 0.408 e. The molecule has 1 amide bonds. The van der Waals surface area contributed by atoms with Gasteiger partial charge < -0.3 is 39.6 Å². The summed E-state index contributed by atoms with van der Waals surface area (Å²) < 4.78 is 71.2. The molecule has 1 aromatic carbocycles. The molecule has 3 aromatic rings. The van der Waals surface area contributed by atoms with Gasteiger partial charge in [-0.15, -0.1) is 0 Å². The Hall–Kier alpha value is -3.79. The van der Waals surface area contributed by atoms with Gasteiger partial charge in [-0.3, -0.25) is 18.5 Å². The minimum absolute atomic E-state index is 0.0494. The lowest BCUT2D eigenvalue weighted by molar-refractivity contribution is 0.0695. The van der Waals surface area contributed by atoms with Gasteiger partial charge in [-0.25, -0.2) is 27.7 Å². The molecule has 3 heterocycles. The molecule has 15 nitrogen and oxygen atoms in total. The van der Waals surface area contributed by atoms with E-state index in [1.165, 1.54) is 4.90 Å². The molecule has 6 N–H and O–H groups in total. The minimum atomic E-state index is -5.52. The van der Waals surface area contributed by atoms with Gasteiger partial charge in [-0.05, 0) is 18.2 Å². The standard InChI is InChI=1S/C22H19F3N4O11P2/c23-8-1-2-15(13(24)3-8)29-7-12(20(31)32)17(30)9-4-14(25)19(27-18(9)29)28-5-10-11(6-28)16(10)26-21(33)40-22(41(34,35)36)42(37,38)39/h1-4,7,10-11,16,22H,5-6H2,(H,26,33)(H,31,32)(H2,34,35,36)(H2,37,38,39)/t10-,11+,16+. The van der Waals surface area contributed by atoms with Crippen molar-refractivity contribution in [2.24, 2.45) is 11.8 Å². The molecule has 1 saturated carbocycles. The Labute approximate surface area is 231 Å². The van der Waals surface area contributed by atoms with Crippen molar-refractivity contribution >= 4 is 44.1 Å². The molecule has 2 aliphatic rings. The summed E-state index contributed by atoms with van der Waals surface area (Å²) >= 11 is 0. The molecule has 0 spiro atoms. The topological polar surface area (TPSA) is 229 Å². The highest BCUT2D eigenvalue weighted by atomic mass is 31.2. The van der Waals surface area contributed by atoms with Crippen molar-refractivity contribution in [1.82, 2.24) is 14.9 Å². The summed E-state index contributed by atoms with van der Waals surface area (Å²) in [5.74, 6) is -5.79. The lowest BCUT2D eigenvalue weighted by Gasteiger charge is -2.23. The molecule has 1 saturated heterocycles. The number of nitrogens with zero attached hydrogens (tertiary/aromatic N) is 3. The molecule has 1 aliphatic heterocycles. The number of alkyl carbamates (subject to hydrolysis) is 1. The van der Waals surface area contributed by atoms with E-state index in [1.54, 1.807) is 0 Å². The van der Waals surface area contributed by atoms with Crippen molar-refractivity contribution in [2.75, 3.05) is 18.0 Å². The summed E-state index contributed by atoms with van der Waals surface area (Å²) in [6.45, 7) is 0.0988. The number of hydrogen-bond acceptors (Lipinski definition) is 8. The number of carbonyl (C=O) groups is 2. The number of piperidine rings is 1. The van der Waals surface area contributed by atoms with Crippen LogP contribution in [0.4, 0.5) is 23.8 Å². The van der Waals surface area contributed by atoms with Gasteiger partial charge in [0.05, 0.1) is 11.1 Å². The summed E-state index contributed by atoms with van der Waals surface area (Å²) in [4.78, 5) is 78.4. The monoisotopic (exact) mass is 634 g/mol. The highest BCUT2D eigenvalue weighted by Gasteiger charge is 2.58. The Kier molecular flexibility index (Phi) is 7.20. The van der Waals surface area contributed by atoms with Gasteiger partial charge >= 0.3 is 32.8 Å². The first-order chi connectivity index (χ1) is 19.5. The number of aromatic nitrogens is 2. The van der Waals surface area contributed by atoms with Crippen LogP contribution in [0, 0.1) is 29.3 Å². The highest BCUT2D eigenvalue weighted by molar-refractivity contribution is 7.70. The van der Waals surface area contributed by atoms with Crippen molar-refractivity contribution in [3.8, 4) is 5.69 Å². The zero-order valence-corrected chi connectivity index (χ0v) is 22.5. The molecule has 224 valence electrons. The van der Waals surface area contributed by atoms with Gasteiger partial charge in [0.25, 0.3) is 0 Å². The highest BCUT2D eigenvalue weighted by Crippen LogP contribution is 2.60. The van der Waals surface area contributed by atoms with Crippen LogP contribution in [0.25, 0.3) is 16.7 Å². The number of aromatic carboxylic acids is 1. The number of anilines is 1. The van der Waals surface area contributed by atoms with Crippen molar-refractivity contribution in [3.05, 3.63) is 63.7 Å². The van der Waals surface area contributed by atoms with Crippen molar-refractivity contribution < 1.29 is 61.3 Å². The van der Waals surface area contributed by atoms with Gasteiger partial charge in [0.1, 0.15) is 17.2 Å². The molecule has 5 rings (SSSR count). The number of nitrogens with one attached hydrogen (secondary N) is 1. The summed E-state index contributed by atoms with van der Waals surface area (Å²) in [6.07, 6.45) is -0.708. The molecule has 0 radical (unpaired) electrons. The summed E-state index contributed by atoms with van der Waals surface area (Å²) in [6, 6.07) is 2.48. The molecule has 2 aromatic heterocycles. The first-order valence-electron chi connectivity index (χ1n) is 11.7. The lowest BCUT2D eigenvalue weighted by atomic mass is 10.1. The average Bonchev–Trinajstić information content (AvgIpc) is 3.28. The normalized spacial score (nSPS) is 20.1. The first-order valence-corrected chi connectivity index (χ1v) is 15.1. The number of hydrogen-bond donors (Lipinski definition) is 6. The number of fused-ring (bicyclic) bond motifs is 2. The second kappa shape index (κ2) is 10.2. The number of amides is 1. The molecule has 20 heteroatoms. The maximum Gasteiger partial charge on any atom is 0.408 e. The van der Waals surface area contributed by atoms with E-state index in [4.69, 9.17) is 19.6 Å². The third-order valence-corrected chi connectivity index (χ3v) is 10.0. The van der Waals surface area contributed by atoms with Gasteiger partial charge in [0, 0.05) is 43.2 Å². The van der Waals surface area contributed by atoms with Gasteiger partial charge in [-0.1, -0.05) is 0 Å². The molecule has 0 bridgehead atoms. The maximum absolute atomic E-state index is 15.2. The number of carboxylic acid groups (broad SMARTS) is 1. The predicted molar refractivity (Wildman–Crippen MR) is 135 cm³/mol. The van der Waals surface area contributed by atoms with Crippen molar-refractivity contribution in [3.63, 3.8) is 0 Å². The third-order valence-electron chi connectivity index (χ3n) is 6.88. The molecule has 42 heavy (non-hydrogen) atoms. The van der Waals surface area contributed by atoms with Crippen LogP contribution in [0.3, 0.4) is 0 Å². The van der Waals surface area contributed by atoms with Gasteiger partial charge in [-0.2, -0.15) is 0 Å². The van der Waals surface area contributed by atoms with Gasteiger partial charge in [0.15, 0.2) is 17.3 Å². The minimum Gasteiger partial charge on any atom is -0.477 e. The number of halogens is 3. The molecule has 3 atom stereocenters. The van der Waals surface area contributed by atoms with Crippen LogP contribution in [-0.4, -0.2) is 71.0 Å². The fraction of sp³-hybridized carbons (Fsp3) is 0.273. The predicted octanol–water partition coefficient (Wildman–Crippen LogP) is 1.30. The number of ether oxygens (including phenoxy) is 1. The summed E-state index contributed by atoms with van der Waals surface area (Å²) in [5, 5.41) is 11.2. The number of carboxylic acids is 1. The van der Waals surface area contributed by atoms with E-state index >= 15 is 4.39 Å². The average molecular weight is 634 g/mol. The molecular formula is C22H19F3N4O11P2. The SMILES string of the molecule is O=C(N[C@H]1[C@@H]2CN(c3nc4c(cc3F)c(=O)c(C(=O)O)cn4-c3ccc(F)cc3F)C[C@@H]21)OC(P(=O)(O)O)P(=O)(O)O. The van der Waals surface area contributed by atoms with Gasteiger partial charge in [0.2, 0.25) is 5.43 Å². The van der Waals surface area contributed by atoms with E-state index in [0.29, 0.717) is 6.07 Å². The number of pyridine rings is 2. The fourth-order valence-electron chi connectivity index (χ4n) is 4.96. The molecular weight excluding hydrogens is 615 g/mol. The Morgan fingerprint density at radius 1 is 1.02 bits per heavy atom. The van der Waals surface area contributed by atoms with Crippen LogP contribution in [0.15, 0.2) is 35.3 Å². The van der Waals surface area contributed by atoms with E-state index in [9.17, 15) is 37.4 Å². The number of rotatable bonds is 7. The third kappa shape index (κ3) is 5.40. The fourth-order valence-corrected chi connectivity index (χ4v) is 7.00. The summed E-state index contributed by atoms with van der Waals surface area (Å²) in [5.41, 5.74) is -5.61. The Bertz CT molecular complexity index is 1780. The van der Waals surface area contributed by atoms with Crippen LogP contribution < -0.4 is 15.6 Å². The zero-order chi connectivity index (χ0) is 30.9. The second-order valence-corrected chi connectivity index (χ2v) is 13.3. The van der Waals surface area contributed by atoms with Crippen LogP contribution in [-0.2, 0) is 13.9 Å². The maximum atomic E-state index is 15.2. The van der Waals surface area contributed by atoms with E-state index in [0.717, 1.165) is 29.0 Å². The largest absolute Gasteiger partial charge is 0.477 e. The van der Waals surface area contributed by atoms with E-state index in [2.05, 4.69) is 15.0 Å². The van der Waals surface area contributed by atoms with Crippen LogP contribution in [0.5, 0.6) is 0 Å².